The van der Waals surface area contributed by atoms with Crippen LogP contribution in [0.25, 0.3) is 5.69 Å². The number of nitrogens with one attached hydrogen (secondary N) is 1. The second-order valence-electron chi connectivity index (χ2n) is 5.90. The molecule has 1 heterocycles. The standard InChI is InChI=1S/C19H18N4O4/c1-12-3-9-15(10-4-12)23-16(11-27-2)17(21-22-23)18(24)20-14-7-5-13(6-8-14)19(25)26/h3-10H,11H2,1-2H3,(H,20,24)(H,25,26). The highest BCUT2D eigenvalue weighted by molar-refractivity contribution is 6.03. The zero-order valence-corrected chi connectivity index (χ0v) is 14.8. The van der Waals surface area contributed by atoms with Gasteiger partial charge in [0.25, 0.3) is 5.91 Å². The predicted molar refractivity (Wildman–Crippen MR) is 98.2 cm³/mol. The zero-order chi connectivity index (χ0) is 19.4. The van der Waals surface area contributed by atoms with Crippen molar-refractivity contribution < 1.29 is 19.4 Å². The van der Waals surface area contributed by atoms with E-state index >= 15 is 0 Å². The van der Waals surface area contributed by atoms with Crippen molar-refractivity contribution >= 4 is 17.6 Å². The van der Waals surface area contributed by atoms with E-state index in [0.29, 0.717) is 11.4 Å². The van der Waals surface area contributed by atoms with E-state index < -0.39 is 11.9 Å². The third-order valence-corrected chi connectivity index (χ3v) is 3.93. The number of carbonyl (C=O) groups is 2. The monoisotopic (exact) mass is 366 g/mol. The van der Waals surface area contributed by atoms with Gasteiger partial charge in [-0.2, -0.15) is 0 Å². The average Bonchev–Trinajstić information content (AvgIpc) is 3.07. The Kier molecular flexibility index (Phi) is 5.28. The molecule has 8 heteroatoms. The fraction of sp³-hybridized carbons (Fsp3) is 0.158. The first-order chi connectivity index (χ1) is 13.0. The number of anilines is 1. The Morgan fingerprint density at radius 2 is 1.78 bits per heavy atom. The number of rotatable bonds is 6. The van der Waals surface area contributed by atoms with Gasteiger partial charge in [-0.3, -0.25) is 4.79 Å². The molecule has 2 aromatic carbocycles. The summed E-state index contributed by atoms with van der Waals surface area (Å²) in [5.74, 6) is -1.49. The van der Waals surface area contributed by atoms with Crippen molar-refractivity contribution in [2.45, 2.75) is 13.5 Å². The molecule has 0 bridgehead atoms. The van der Waals surface area contributed by atoms with Crippen LogP contribution >= 0.6 is 0 Å². The first-order valence-electron chi connectivity index (χ1n) is 8.15. The number of carboxylic acids is 1. The van der Waals surface area contributed by atoms with E-state index in [2.05, 4.69) is 15.6 Å². The van der Waals surface area contributed by atoms with E-state index in [-0.39, 0.29) is 17.9 Å². The number of hydrogen-bond donors (Lipinski definition) is 2. The first kappa shape index (κ1) is 18.3. The molecule has 0 radical (unpaired) electrons. The Labute approximate surface area is 155 Å². The normalized spacial score (nSPS) is 10.6. The van der Waals surface area contributed by atoms with Crippen molar-refractivity contribution in [3.8, 4) is 5.69 Å². The van der Waals surface area contributed by atoms with E-state index in [1.807, 2.05) is 31.2 Å². The van der Waals surface area contributed by atoms with Gasteiger partial charge in [0, 0.05) is 12.8 Å². The lowest BCUT2D eigenvalue weighted by Crippen LogP contribution is -2.16. The van der Waals surface area contributed by atoms with Crippen molar-refractivity contribution in [2.24, 2.45) is 0 Å². The molecule has 1 aromatic heterocycles. The van der Waals surface area contributed by atoms with Crippen LogP contribution in [-0.4, -0.2) is 39.1 Å². The largest absolute Gasteiger partial charge is 0.478 e. The number of nitrogens with zero attached hydrogens (tertiary/aromatic N) is 3. The number of ether oxygens (including phenoxy) is 1. The highest BCUT2D eigenvalue weighted by Crippen LogP contribution is 2.17. The summed E-state index contributed by atoms with van der Waals surface area (Å²) in [5.41, 5.74) is 3.12. The molecular weight excluding hydrogens is 348 g/mol. The van der Waals surface area contributed by atoms with Crippen LogP contribution in [0.1, 0.15) is 32.1 Å². The molecule has 0 saturated carbocycles. The van der Waals surface area contributed by atoms with Gasteiger partial charge in [-0.15, -0.1) is 5.10 Å². The predicted octanol–water partition coefficient (Wildman–Crippen LogP) is 2.67. The van der Waals surface area contributed by atoms with Crippen molar-refractivity contribution in [1.82, 2.24) is 15.0 Å². The smallest absolute Gasteiger partial charge is 0.335 e. The van der Waals surface area contributed by atoms with E-state index in [0.717, 1.165) is 11.3 Å². The fourth-order valence-electron chi connectivity index (χ4n) is 2.52. The van der Waals surface area contributed by atoms with Gasteiger partial charge in [-0.1, -0.05) is 22.9 Å². The van der Waals surface area contributed by atoms with Gasteiger partial charge < -0.3 is 15.2 Å². The Balaban J connectivity index is 1.88. The van der Waals surface area contributed by atoms with Crippen LogP contribution in [0.2, 0.25) is 0 Å². The van der Waals surface area contributed by atoms with E-state index in [1.165, 1.54) is 31.4 Å². The lowest BCUT2D eigenvalue weighted by atomic mass is 10.2. The molecule has 0 aliphatic heterocycles. The fourth-order valence-corrected chi connectivity index (χ4v) is 2.52. The van der Waals surface area contributed by atoms with Gasteiger partial charge in [0.15, 0.2) is 5.69 Å². The van der Waals surface area contributed by atoms with Crippen molar-refractivity contribution in [1.29, 1.82) is 0 Å². The van der Waals surface area contributed by atoms with Crippen LogP contribution in [0.3, 0.4) is 0 Å². The summed E-state index contributed by atoms with van der Waals surface area (Å²) in [5, 5.41) is 19.7. The lowest BCUT2D eigenvalue weighted by molar-refractivity contribution is 0.0696. The summed E-state index contributed by atoms with van der Waals surface area (Å²) in [6.07, 6.45) is 0. The average molecular weight is 366 g/mol. The molecule has 0 spiro atoms. The van der Waals surface area contributed by atoms with Crippen LogP contribution in [0, 0.1) is 6.92 Å². The Morgan fingerprint density at radius 1 is 1.11 bits per heavy atom. The van der Waals surface area contributed by atoms with Crippen LogP contribution < -0.4 is 5.32 Å². The minimum absolute atomic E-state index is 0.137. The van der Waals surface area contributed by atoms with Gasteiger partial charge >= 0.3 is 5.97 Å². The van der Waals surface area contributed by atoms with Gasteiger partial charge in [0.2, 0.25) is 0 Å². The van der Waals surface area contributed by atoms with Gasteiger partial charge in [0.1, 0.15) is 5.69 Å². The van der Waals surface area contributed by atoms with Crippen molar-refractivity contribution in [3.63, 3.8) is 0 Å². The van der Waals surface area contributed by atoms with Crippen LogP contribution in [-0.2, 0) is 11.3 Å². The molecule has 0 fully saturated rings. The zero-order valence-electron chi connectivity index (χ0n) is 14.8. The highest BCUT2D eigenvalue weighted by Gasteiger charge is 2.21. The number of aromatic carboxylic acids is 1. The van der Waals surface area contributed by atoms with E-state index in [4.69, 9.17) is 9.84 Å². The second-order valence-corrected chi connectivity index (χ2v) is 5.90. The molecule has 27 heavy (non-hydrogen) atoms. The summed E-state index contributed by atoms with van der Waals surface area (Å²) >= 11 is 0. The molecule has 3 rings (SSSR count). The molecule has 0 unspecified atom stereocenters. The molecule has 0 aliphatic carbocycles. The number of hydrogen-bond acceptors (Lipinski definition) is 5. The minimum atomic E-state index is -1.03. The number of aryl methyl sites for hydroxylation is 1. The number of carboxylic acid groups (broad SMARTS) is 1. The molecule has 0 saturated heterocycles. The first-order valence-corrected chi connectivity index (χ1v) is 8.15. The van der Waals surface area contributed by atoms with E-state index in [9.17, 15) is 9.59 Å². The molecule has 138 valence electrons. The maximum atomic E-state index is 12.6. The van der Waals surface area contributed by atoms with Crippen LogP contribution in [0.5, 0.6) is 0 Å². The van der Waals surface area contributed by atoms with Gasteiger partial charge in [-0.05, 0) is 43.3 Å². The molecule has 8 nitrogen and oxygen atoms in total. The summed E-state index contributed by atoms with van der Waals surface area (Å²) in [7, 11) is 1.53. The topological polar surface area (TPSA) is 106 Å². The summed E-state index contributed by atoms with van der Waals surface area (Å²) in [6.45, 7) is 2.14. The minimum Gasteiger partial charge on any atom is -0.478 e. The molecule has 0 atom stereocenters. The highest BCUT2D eigenvalue weighted by atomic mass is 16.5. The molecule has 2 N–H and O–H groups in total. The van der Waals surface area contributed by atoms with Gasteiger partial charge in [-0.25, -0.2) is 9.48 Å². The SMILES string of the molecule is COCc1c(C(=O)Nc2ccc(C(=O)O)cc2)nnn1-c1ccc(C)cc1. The Hall–Kier alpha value is -3.52. The van der Waals surface area contributed by atoms with E-state index in [1.54, 1.807) is 4.68 Å². The number of aromatic nitrogens is 3. The van der Waals surface area contributed by atoms with Crippen molar-refractivity contribution in [3.05, 3.63) is 71.0 Å². The lowest BCUT2D eigenvalue weighted by Gasteiger charge is -2.08. The maximum absolute atomic E-state index is 12.6. The number of benzene rings is 2. The summed E-state index contributed by atoms with van der Waals surface area (Å²) < 4.78 is 6.77. The van der Waals surface area contributed by atoms with Crippen LogP contribution in [0.15, 0.2) is 48.5 Å². The van der Waals surface area contributed by atoms with Crippen LogP contribution in [0.4, 0.5) is 5.69 Å². The van der Waals surface area contributed by atoms with Crippen molar-refractivity contribution in [2.75, 3.05) is 12.4 Å². The maximum Gasteiger partial charge on any atom is 0.335 e. The number of carbonyl (C=O) groups excluding carboxylic acids is 1. The molecule has 1 amide bonds. The number of methoxy groups -OCH3 is 1. The third kappa shape index (κ3) is 4.01. The summed E-state index contributed by atoms with van der Waals surface area (Å²) in [6, 6.07) is 13.5. The third-order valence-electron chi connectivity index (χ3n) is 3.93. The molecule has 3 aromatic rings. The van der Waals surface area contributed by atoms with Gasteiger partial charge in [0.05, 0.1) is 17.9 Å². The quantitative estimate of drug-likeness (QED) is 0.695. The Bertz CT molecular complexity index is 962. The second kappa shape index (κ2) is 7.79. The number of amides is 1. The molecular formula is C19H18N4O4. The molecule has 0 aliphatic rings. The Morgan fingerprint density at radius 3 is 2.37 bits per heavy atom. The summed E-state index contributed by atoms with van der Waals surface area (Å²) in [4.78, 5) is 23.5.